The normalized spacial score (nSPS) is 8.45. The highest BCUT2D eigenvalue weighted by atomic mass is 35.5. The monoisotopic (exact) mass is 193 g/mol. The average Bonchev–Trinajstić information content (AvgIpc) is 1.88. The van der Waals surface area contributed by atoms with Gasteiger partial charge in [0, 0.05) is 6.20 Å². The molecule has 5 heteroatoms. The Labute approximate surface area is 74.4 Å². The number of hydrogen-bond acceptors (Lipinski definition) is 2. The Morgan fingerprint density at radius 3 is 2.64 bits per heavy atom. The van der Waals surface area contributed by atoms with E-state index in [1.807, 2.05) is 0 Å². The number of nitrogens with zero attached hydrogens (tertiary/aromatic N) is 1. The number of carboxylic acids is 1. The van der Waals surface area contributed by atoms with Crippen molar-refractivity contribution in [2.24, 2.45) is 0 Å². The van der Waals surface area contributed by atoms with Gasteiger partial charge in [0.25, 0.3) is 0 Å². The van der Waals surface area contributed by atoms with E-state index in [4.69, 9.17) is 16.7 Å². The Bertz CT molecular complexity index is 265. The maximum absolute atomic E-state index is 10.3. The van der Waals surface area contributed by atoms with Gasteiger partial charge in [-0.1, -0.05) is 11.6 Å². The summed E-state index contributed by atoms with van der Waals surface area (Å²) in [7, 11) is 0. The van der Waals surface area contributed by atoms with E-state index < -0.39 is 5.97 Å². The molecule has 0 saturated heterocycles. The SMILES string of the molecule is Cl.O=C(O)c1ccnc(Cl)c1. The highest BCUT2D eigenvalue weighted by Crippen LogP contribution is 2.05. The molecule has 0 aromatic carbocycles. The Balaban J connectivity index is 0.000001000. The van der Waals surface area contributed by atoms with Crippen molar-refractivity contribution in [1.82, 2.24) is 4.98 Å². The number of aromatic nitrogens is 1. The molecule has 1 heterocycles. The molecule has 1 aromatic heterocycles. The zero-order valence-electron chi connectivity index (χ0n) is 5.32. The molecule has 0 aliphatic carbocycles. The molecule has 3 nitrogen and oxygen atoms in total. The molecule has 1 aromatic rings. The predicted molar refractivity (Wildman–Crippen MR) is 43.5 cm³/mol. The minimum absolute atomic E-state index is 0. The second-order valence-electron chi connectivity index (χ2n) is 1.67. The van der Waals surface area contributed by atoms with Crippen molar-refractivity contribution in [1.29, 1.82) is 0 Å². The summed E-state index contributed by atoms with van der Waals surface area (Å²) in [5.74, 6) is -0.996. The summed E-state index contributed by atoms with van der Waals surface area (Å²) >= 11 is 5.41. The molecule has 1 rings (SSSR count). The fourth-order valence-electron chi connectivity index (χ4n) is 0.535. The minimum atomic E-state index is -0.996. The molecule has 0 aliphatic rings. The van der Waals surface area contributed by atoms with Crippen LogP contribution in [-0.4, -0.2) is 16.1 Å². The van der Waals surface area contributed by atoms with Gasteiger partial charge in [-0.15, -0.1) is 12.4 Å². The van der Waals surface area contributed by atoms with Crippen LogP contribution >= 0.6 is 24.0 Å². The number of carboxylic acid groups (broad SMARTS) is 1. The lowest BCUT2D eigenvalue weighted by Gasteiger charge is -1.91. The number of pyridine rings is 1. The topological polar surface area (TPSA) is 50.2 Å². The second kappa shape index (κ2) is 4.16. The largest absolute Gasteiger partial charge is 0.478 e. The quantitative estimate of drug-likeness (QED) is 0.694. The molecule has 1 N–H and O–H groups in total. The van der Waals surface area contributed by atoms with Gasteiger partial charge in [0.05, 0.1) is 5.56 Å². The molecular weight excluding hydrogens is 189 g/mol. The summed E-state index contributed by atoms with van der Waals surface area (Å²) in [5, 5.41) is 8.62. The maximum atomic E-state index is 10.3. The molecule has 60 valence electrons. The van der Waals surface area contributed by atoms with Crippen molar-refractivity contribution < 1.29 is 9.90 Å². The first-order chi connectivity index (χ1) is 4.70. The van der Waals surface area contributed by atoms with Crippen LogP contribution < -0.4 is 0 Å². The molecule has 0 atom stereocenters. The van der Waals surface area contributed by atoms with Gasteiger partial charge < -0.3 is 5.11 Å². The van der Waals surface area contributed by atoms with Crippen molar-refractivity contribution in [3.8, 4) is 0 Å². The average molecular weight is 194 g/mol. The van der Waals surface area contributed by atoms with Crippen LogP contribution in [0.25, 0.3) is 0 Å². The van der Waals surface area contributed by atoms with Crippen LogP contribution in [0.4, 0.5) is 0 Å². The highest BCUT2D eigenvalue weighted by Gasteiger charge is 2.01. The lowest BCUT2D eigenvalue weighted by molar-refractivity contribution is 0.0697. The smallest absolute Gasteiger partial charge is 0.335 e. The van der Waals surface area contributed by atoms with Crippen molar-refractivity contribution in [3.05, 3.63) is 29.0 Å². The maximum Gasteiger partial charge on any atom is 0.335 e. The third-order valence-electron chi connectivity index (χ3n) is 0.974. The van der Waals surface area contributed by atoms with Crippen molar-refractivity contribution >= 4 is 30.0 Å². The second-order valence-corrected chi connectivity index (χ2v) is 2.06. The molecule has 11 heavy (non-hydrogen) atoms. The molecule has 0 radical (unpaired) electrons. The third kappa shape index (κ3) is 2.74. The van der Waals surface area contributed by atoms with Crippen molar-refractivity contribution in [2.75, 3.05) is 0 Å². The molecular formula is C6H5Cl2NO2. The standard InChI is InChI=1S/C6H4ClNO2.ClH/c7-5-3-4(6(9)10)1-2-8-5;/h1-3H,(H,9,10);1H. The van der Waals surface area contributed by atoms with Crippen molar-refractivity contribution in [2.45, 2.75) is 0 Å². The Kier molecular flexibility index (Phi) is 3.85. The molecule has 0 amide bonds. The Morgan fingerprint density at radius 2 is 2.27 bits per heavy atom. The van der Waals surface area contributed by atoms with Gasteiger partial charge in [0.15, 0.2) is 0 Å². The molecule has 0 unspecified atom stereocenters. The van der Waals surface area contributed by atoms with Crippen LogP contribution in [0.5, 0.6) is 0 Å². The van der Waals surface area contributed by atoms with Gasteiger partial charge >= 0.3 is 5.97 Å². The van der Waals surface area contributed by atoms with Crippen molar-refractivity contribution in [3.63, 3.8) is 0 Å². The fraction of sp³-hybridized carbons (Fsp3) is 0. The summed E-state index contributed by atoms with van der Waals surface area (Å²) in [6.07, 6.45) is 1.35. The van der Waals surface area contributed by atoms with E-state index in [0.29, 0.717) is 0 Å². The van der Waals surface area contributed by atoms with Crippen LogP contribution in [0.15, 0.2) is 18.3 Å². The molecule has 0 fully saturated rings. The fourth-order valence-corrected chi connectivity index (χ4v) is 0.709. The van der Waals surface area contributed by atoms with E-state index in [1.165, 1.54) is 18.3 Å². The van der Waals surface area contributed by atoms with E-state index >= 15 is 0 Å². The molecule has 0 bridgehead atoms. The van der Waals surface area contributed by atoms with Gasteiger partial charge in [-0.05, 0) is 12.1 Å². The van der Waals surface area contributed by atoms with E-state index in [0.717, 1.165) is 0 Å². The summed E-state index contributed by atoms with van der Waals surface area (Å²) in [5.41, 5.74) is 0.153. The van der Waals surface area contributed by atoms with E-state index in [-0.39, 0.29) is 23.1 Å². The highest BCUT2D eigenvalue weighted by molar-refractivity contribution is 6.29. The number of rotatable bonds is 1. The Morgan fingerprint density at radius 1 is 1.64 bits per heavy atom. The van der Waals surface area contributed by atoms with Gasteiger partial charge in [-0.25, -0.2) is 9.78 Å². The zero-order valence-corrected chi connectivity index (χ0v) is 6.89. The molecule has 0 saturated carbocycles. The molecule has 0 spiro atoms. The summed E-state index contributed by atoms with van der Waals surface area (Å²) in [6, 6.07) is 2.68. The van der Waals surface area contributed by atoms with Crippen LogP contribution in [0.2, 0.25) is 5.15 Å². The minimum Gasteiger partial charge on any atom is -0.478 e. The lowest BCUT2D eigenvalue weighted by atomic mass is 10.3. The van der Waals surface area contributed by atoms with Crippen LogP contribution in [-0.2, 0) is 0 Å². The van der Waals surface area contributed by atoms with Crippen LogP contribution in [0.3, 0.4) is 0 Å². The van der Waals surface area contributed by atoms with Gasteiger partial charge in [0.1, 0.15) is 5.15 Å². The Hall–Kier alpha value is -0.800. The summed E-state index contributed by atoms with van der Waals surface area (Å²) in [6.45, 7) is 0. The first-order valence-electron chi connectivity index (χ1n) is 2.55. The predicted octanol–water partition coefficient (Wildman–Crippen LogP) is 1.85. The number of hydrogen-bond donors (Lipinski definition) is 1. The van der Waals surface area contributed by atoms with E-state index in [9.17, 15) is 4.79 Å². The van der Waals surface area contributed by atoms with E-state index in [1.54, 1.807) is 0 Å². The molecule has 0 aliphatic heterocycles. The number of aromatic carboxylic acids is 1. The lowest BCUT2D eigenvalue weighted by Crippen LogP contribution is -1.95. The summed E-state index contributed by atoms with van der Waals surface area (Å²) < 4.78 is 0. The van der Waals surface area contributed by atoms with Crippen LogP contribution in [0, 0.1) is 0 Å². The first kappa shape index (κ1) is 10.2. The zero-order chi connectivity index (χ0) is 7.56. The van der Waals surface area contributed by atoms with Gasteiger partial charge in [-0.3, -0.25) is 0 Å². The summed E-state index contributed by atoms with van der Waals surface area (Å²) in [4.78, 5) is 13.9. The van der Waals surface area contributed by atoms with Gasteiger partial charge in [-0.2, -0.15) is 0 Å². The number of carbonyl (C=O) groups is 1. The first-order valence-corrected chi connectivity index (χ1v) is 2.93. The van der Waals surface area contributed by atoms with E-state index in [2.05, 4.69) is 4.98 Å². The number of halogens is 2. The third-order valence-corrected chi connectivity index (χ3v) is 1.18. The van der Waals surface area contributed by atoms with Crippen LogP contribution in [0.1, 0.15) is 10.4 Å². The van der Waals surface area contributed by atoms with Gasteiger partial charge in [0.2, 0.25) is 0 Å².